The second kappa shape index (κ2) is 7.35. The van der Waals surface area contributed by atoms with E-state index in [-0.39, 0.29) is 12.1 Å². The largest absolute Gasteiger partial charge is 0.444 e. The van der Waals surface area contributed by atoms with Crippen LogP contribution in [0, 0.1) is 0 Å². The Hall–Kier alpha value is -3.16. The summed E-state index contributed by atoms with van der Waals surface area (Å²) in [6, 6.07) is 10.1. The third-order valence-electron chi connectivity index (χ3n) is 4.97. The van der Waals surface area contributed by atoms with Gasteiger partial charge in [0, 0.05) is 19.5 Å². The molecule has 2 aromatic heterocycles. The number of amides is 1. The molecular weight excluding hydrogens is 368 g/mol. The maximum absolute atomic E-state index is 12.4. The van der Waals surface area contributed by atoms with Gasteiger partial charge in [-0.25, -0.2) is 19.4 Å². The third-order valence-corrected chi connectivity index (χ3v) is 4.97. The van der Waals surface area contributed by atoms with Crippen molar-refractivity contribution in [3.05, 3.63) is 47.9 Å². The lowest BCUT2D eigenvalue weighted by molar-refractivity contribution is 0.0288. The van der Waals surface area contributed by atoms with Crippen molar-refractivity contribution in [2.45, 2.75) is 45.3 Å². The SMILES string of the molecule is CC(C)(C)OC(=O)N1CC[C@@H](n2nc(Cc3ccccc3)c3c(N)ncnc32)C1. The molecule has 4 rings (SSSR count). The summed E-state index contributed by atoms with van der Waals surface area (Å²) in [4.78, 5) is 22.8. The average molecular weight is 394 g/mol. The number of benzene rings is 1. The van der Waals surface area contributed by atoms with Gasteiger partial charge in [0.1, 0.15) is 17.7 Å². The Morgan fingerprint density at radius 2 is 2.00 bits per heavy atom. The lowest BCUT2D eigenvalue weighted by Gasteiger charge is -2.24. The van der Waals surface area contributed by atoms with E-state index in [0.29, 0.717) is 31.0 Å². The Kier molecular flexibility index (Phi) is 4.86. The molecule has 0 spiro atoms. The number of anilines is 1. The van der Waals surface area contributed by atoms with Gasteiger partial charge in [-0.1, -0.05) is 30.3 Å². The highest BCUT2D eigenvalue weighted by molar-refractivity contribution is 5.88. The van der Waals surface area contributed by atoms with E-state index >= 15 is 0 Å². The molecule has 8 nitrogen and oxygen atoms in total. The van der Waals surface area contributed by atoms with Crippen LogP contribution in [0.2, 0.25) is 0 Å². The second-order valence-corrected chi connectivity index (χ2v) is 8.38. The van der Waals surface area contributed by atoms with Crippen molar-refractivity contribution in [2.75, 3.05) is 18.8 Å². The Labute approximate surface area is 169 Å². The molecule has 1 aliphatic rings. The molecule has 1 amide bonds. The van der Waals surface area contributed by atoms with Crippen molar-refractivity contribution in [3.8, 4) is 0 Å². The molecule has 3 aromatic rings. The highest BCUT2D eigenvalue weighted by atomic mass is 16.6. The number of ether oxygens (including phenoxy) is 1. The van der Waals surface area contributed by atoms with Crippen molar-refractivity contribution in [2.24, 2.45) is 0 Å². The highest BCUT2D eigenvalue weighted by Gasteiger charge is 2.32. The van der Waals surface area contributed by atoms with Crippen LogP contribution in [0.25, 0.3) is 11.0 Å². The van der Waals surface area contributed by atoms with Crippen molar-refractivity contribution < 1.29 is 9.53 Å². The van der Waals surface area contributed by atoms with Crippen molar-refractivity contribution >= 4 is 22.9 Å². The van der Waals surface area contributed by atoms with E-state index in [1.54, 1.807) is 4.90 Å². The van der Waals surface area contributed by atoms with E-state index in [1.807, 2.05) is 43.7 Å². The predicted octanol–water partition coefficient (Wildman–Crippen LogP) is 3.18. The van der Waals surface area contributed by atoms with Gasteiger partial charge in [0.25, 0.3) is 0 Å². The third kappa shape index (κ3) is 4.01. The van der Waals surface area contributed by atoms with Crippen LogP contribution in [0.3, 0.4) is 0 Å². The normalized spacial score (nSPS) is 17.1. The van der Waals surface area contributed by atoms with Gasteiger partial charge >= 0.3 is 6.09 Å². The molecule has 0 aliphatic carbocycles. The monoisotopic (exact) mass is 394 g/mol. The number of nitrogen functional groups attached to an aromatic ring is 1. The predicted molar refractivity (Wildman–Crippen MR) is 110 cm³/mol. The van der Waals surface area contributed by atoms with E-state index in [2.05, 4.69) is 22.1 Å². The van der Waals surface area contributed by atoms with E-state index in [4.69, 9.17) is 15.6 Å². The summed E-state index contributed by atoms with van der Waals surface area (Å²) in [5.74, 6) is 0.425. The smallest absolute Gasteiger partial charge is 0.410 e. The van der Waals surface area contributed by atoms with Crippen LogP contribution in [-0.2, 0) is 11.2 Å². The maximum Gasteiger partial charge on any atom is 0.410 e. The number of likely N-dealkylation sites (tertiary alicyclic amines) is 1. The van der Waals surface area contributed by atoms with Crippen LogP contribution in [0.4, 0.5) is 10.6 Å². The molecule has 2 N–H and O–H groups in total. The van der Waals surface area contributed by atoms with Gasteiger partial charge in [-0.3, -0.25) is 0 Å². The Bertz CT molecular complexity index is 1020. The zero-order chi connectivity index (χ0) is 20.6. The fourth-order valence-corrected chi connectivity index (χ4v) is 3.67. The van der Waals surface area contributed by atoms with Crippen molar-refractivity contribution in [1.82, 2.24) is 24.6 Å². The summed E-state index contributed by atoms with van der Waals surface area (Å²) in [5, 5.41) is 5.64. The molecular formula is C21H26N6O2. The summed E-state index contributed by atoms with van der Waals surface area (Å²) in [6.45, 7) is 6.76. The quantitative estimate of drug-likeness (QED) is 0.732. The summed E-state index contributed by atoms with van der Waals surface area (Å²) in [7, 11) is 0. The minimum atomic E-state index is -0.516. The van der Waals surface area contributed by atoms with Gasteiger partial charge in [0.2, 0.25) is 0 Å². The minimum absolute atomic E-state index is 0.0174. The van der Waals surface area contributed by atoms with Gasteiger partial charge in [-0.2, -0.15) is 5.10 Å². The number of carbonyl (C=O) groups excluding carboxylic acids is 1. The summed E-state index contributed by atoms with van der Waals surface area (Å²) >= 11 is 0. The van der Waals surface area contributed by atoms with Crippen LogP contribution in [0.1, 0.15) is 44.5 Å². The molecule has 1 fully saturated rings. The van der Waals surface area contributed by atoms with Gasteiger partial charge in [-0.15, -0.1) is 0 Å². The summed E-state index contributed by atoms with van der Waals surface area (Å²) in [5.41, 5.74) is 8.36. The molecule has 29 heavy (non-hydrogen) atoms. The molecule has 0 saturated carbocycles. The molecule has 1 aromatic carbocycles. The first-order chi connectivity index (χ1) is 13.8. The first kappa shape index (κ1) is 19.2. The number of fused-ring (bicyclic) bond motifs is 1. The topological polar surface area (TPSA) is 99.2 Å². The Balaban J connectivity index is 1.63. The fourth-order valence-electron chi connectivity index (χ4n) is 3.67. The summed E-state index contributed by atoms with van der Waals surface area (Å²) in [6.07, 6.45) is 2.59. The fraction of sp³-hybridized carbons (Fsp3) is 0.429. The van der Waals surface area contributed by atoms with Crippen LogP contribution >= 0.6 is 0 Å². The van der Waals surface area contributed by atoms with Gasteiger partial charge < -0.3 is 15.4 Å². The van der Waals surface area contributed by atoms with Crippen molar-refractivity contribution in [3.63, 3.8) is 0 Å². The second-order valence-electron chi connectivity index (χ2n) is 8.38. The first-order valence-electron chi connectivity index (χ1n) is 9.81. The first-order valence-corrected chi connectivity index (χ1v) is 9.81. The molecule has 3 heterocycles. The lowest BCUT2D eigenvalue weighted by Crippen LogP contribution is -2.35. The lowest BCUT2D eigenvalue weighted by atomic mass is 10.1. The molecule has 0 bridgehead atoms. The minimum Gasteiger partial charge on any atom is -0.444 e. The van der Waals surface area contributed by atoms with E-state index in [1.165, 1.54) is 6.33 Å². The number of carbonyl (C=O) groups is 1. The molecule has 0 unspecified atom stereocenters. The number of nitrogens with two attached hydrogens (primary N) is 1. The number of rotatable bonds is 3. The number of hydrogen-bond acceptors (Lipinski definition) is 6. The van der Waals surface area contributed by atoms with Crippen LogP contribution < -0.4 is 5.73 Å². The summed E-state index contributed by atoms with van der Waals surface area (Å²) < 4.78 is 7.41. The number of hydrogen-bond donors (Lipinski definition) is 1. The van der Waals surface area contributed by atoms with Crippen molar-refractivity contribution in [1.29, 1.82) is 0 Å². The molecule has 0 radical (unpaired) electrons. The molecule has 152 valence electrons. The zero-order valence-electron chi connectivity index (χ0n) is 17.0. The van der Waals surface area contributed by atoms with Crippen LogP contribution in [0.15, 0.2) is 36.7 Å². The van der Waals surface area contributed by atoms with Crippen LogP contribution in [0.5, 0.6) is 0 Å². The Morgan fingerprint density at radius 1 is 1.24 bits per heavy atom. The zero-order valence-corrected chi connectivity index (χ0v) is 17.0. The van der Waals surface area contributed by atoms with E-state index in [9.17, 15) is 4.79 Å². The van der Waals surface area contributed by atoms with Gasteiger partial charge in [0.05, 0.1) is 17.1 Å². The van der Waals surface area contributed by atoms with Gasteiger partial charge in [0.15, 0.2) is 5.65 Å². The van der Waals surface area contributed by atoms with E-state index < -0.39 is 5.60 Å². The Morgan fingerprint density at radius 3 is 2.72 bits per heavy atom. The highest BCUT2D eigenvalue weighted by Crippen LogP contribution is 2.30. The average Bonchev–Trinajstić information content (AvgIpc) is 3.27. The number of aromatic nitrogens is 4. The molecule has 1 atom stereocenters. The van der Waals surface area contributed by atoms with E-state index in [0.717, 1.165) is 23.1 Å². The number of nitrogens with zero attached hydrogens (tertiary/aromatic N) is 5. The molecule has 1 saturated heterocycles. The standard InChI is InChI=1S/C21H26N6O2/c1-21(2,3)29-20(28)26-10-9-15(12-26)27-19-17(18(22)23-13-24-19)16(25-27)11-14-7-5-4-6-8-14/h4-8,13,15H,9-12H2,1-3H3,(H2,22,23,24)/t15-/m1/s1. The molecule has 1 aliphatic heterocycles. The van der Waals surface area contributed by atoms with Gasteiger partial charge in [-0.05, 0) is 32.8 Å². The molecule has 8 heteroatoms. The van der Waals surface area contributed by atoms with Crippen LogP contribution in [-0.4, -0.2) is 49.4 Å². The maximum atomic E-state index is 12.4.